The number of ether oxygens (including phenoxy) is 2. The predicted molar refractivity (Wildman–Crippen MR) is 115 cm³/mol. The van der Waals surface area contributed by atoms with Crippen molar-refractivity contribution < 1.29 is 19.7 Å². The van der Waals surface area contributed by atoms with Crippen LogP contribution in [0.5, 0.6) is 0 Å². The molecule has 29 heavy (non-hydrogen) atoms. The van der Waals surface area contributed by atoms with Gasteiger partial charge in [-0.1, -0.05) is 6.92 Å². The second-order valence-corrected chi connectivity index (χ2v) is 11.6. The molecule has 4 saturated carbocycles. The molecule has 0 spiro atoms. The van der Waals surface area contributed by atoms with Gasteiger partial charge in [0, 0.05) is 7.11 Å². The standard InChI is InChI=1S/C25H44O4/c1-17(26)20-7-8-21-19-6-5-18-15-23(2,27)11-12-25(18,16-29-14-13-28-4)22(19)9-10-24(20,21)3/h17-22,26-27H,5-16H2,1-4H3/t17?,18-,19-,20+,21-,22-,23+,24+,25+/m0/s1. The van der Waals surface area contributed by atoms with Crippen LogP contribution in [-0.4, -0.2) is 48.8 Å². The molecule has 4 fully saturated rings. The van der Waals surface area contributed by atoms with Crippen molar-refractivity contribution in [1.82, 2.24) is 0 Å². The number of fused-ring (bicyclic) bond motifs is 5. The highest BCUT2D eigenvalue weighted by Gasteiger charge is 2.62. The molecular weight excluding hydrogens is 364 g/mol. The number of hydrogen-bond donors (Lipinski definition) is 2. The lowest BCUT2D eigenvalue weighted by atomic mass is 9.43. The zero-order valence-corrected chi connectivity index (χ0v) is 19.2. The summed E-state index contributed by atoms with van der Waals surface area (Å²) >= 11 is 0. The number of hydrogen-bond acceptors (Lipinski definition) is 4. The first-order chi connectivity index (χ1) is 13.7. The third-order valence-corrected chi connectivity index (χ3v) is 10.1. The van der Waals surface area contributed by atoms with E-state index >= 15 is 0 Å². The molecule has 168 valence electrons. The number of methoxy groups -OCH3 is 1. The van der Waals surface area contributed by atoms with Crippen LogP contribution in [0.3, 0.4) is 0 Å². The van der Waals surface area contributed by atoms with Gasteiger partial charge in [-0.3, -0.25) is 0 Å². The van der Waals surface area contributed by atoms with Crippen LogP contribution in [0, 0.1) is 40.4 Å². The van der Waals surface area contributed by atoms with E-state index in [0.29, 0.717) is 36.4 Å². The Hall–Kier alpha value is -0.160. The van der Waals surface area contributed by atoms with Crippen LogP contribution in [0.1, 0.15) is 78.6 Å². The van der Waals surface area contributed by atoms with Crippen LogP contribution >= 0.6 is 0 Å². The van der Waals surface area contributed by atoms with Crippen molar-refractivity contribution in [3.05, 3.63) is 0 Å². The van der Waals surface area contributed by atoms with Crippen LogP contribution in [0.2, 0.25) is 0 Å². The van der Waals surface area contributed by atoms with Crippen LogP contribution in [0.15, 0.2) is 0 Å². The highest BCUT2D eigenvalue weighted by atomic mass is 16.5. The lowest BCUT2D eigenvalue weighted by molar-refractivity contribution is -0.181. The van der Waals surface area contributed by atoms with Crippen molar-refractivity contribution in [2.24, 2.45) is 40.4 Å². The van der Waals surface area contributed by atoms with Crippen LogP contribution < -0.4 is 0 Å². The molecule has 4 rings (SSSR count). The van der Waals surface area contributed by atoms with E-state index in [1.54, 1.807) is 7.11 Å². The number of aliphatic hydroxyl groups excluding tert-OH is 1. The van der Waals surface area contributed by atoms with Gasteiger partial charge in [0.1, 0.15) is 0 Å². The summed E-state index contributed by atoms with van der Waals surface area (Å²) < 4.78 is 11.5. The quantitative estimate of drug-likeness (QED) is 0.639. The fourth-order valence-electron chi connectivity index (χ4n) is 8.75. The van der Waals surface area contributed by atoms with Gasteiger partial charge in [-0.25, -0.2) is 0 Å². The van der Waals surface area contributed by atoms with Crippen molar-refractivity contribution in [3.8, 4) is 0 Å². The molecule has 4 heteroatoms. The molecule has 0 aliphatic heterocycles. The summed E-state index contributed by atoms with van der Waals surface area (Å²) in [5.74, 6) is 3.27. The highest BCUT2D eigenvalue weighted by molar-refractivity contribution is 5.11. The van der Waals surface area contributed by atoms with Crippen molar-refractivity contribution in [3.63, 3.8) is 0 Å². The van der Waals surface area contributed by atoms with Gasteiger partial charge in [0.05, 0.1) is 31.5 Å². The Morgan fingerprint density at radius 1 is 0.966 bits per heavy atom. The minimum absolute atomic E-state index is 0.186. The fraction of sp³-hybridized carbons (Fsp3) is 1.00. The van der Waals surface area contributed by atoms with Crippen molar-refractivity contribution in [2.45, 2.75) is 90.3 Å². The molecule has 9 atom stereocenters. The molecule has 2 N–H and O–H groups in total. The largest absolute Gasteiger partial charge is 0.393 e. The molecule has 0 saturated heterocycles. The summed E-state index contributed by atoms with van der Waals surface area (Å²) in [6.07, 6.45) is 10.3. The first-order valence-electron chi connectivity index (χ1n) is 12.2. The molecule has 1 unspecified atom stereocenters. The number of rotatable bonds is 6. The average molecular weight is 409 g/mol. The van der Waals surface area contributed by atoms with Crippen LogP contribution in [0.4, 0.5) is 0 Å². The monoisotopic (exact) mass is 408 g/mol. The van der Waals surface area contributed by atoms with E-state index in [2.05, 4.69) is 6.92 Å². The number of aliphatic hydroxyl groups is 2. The predicted octanol–water partition coefficient (Wildman–Crippen LogP) is 4.42. The minimum atomic E-state index is -0.512. The van der Waals surface area contributed by atoms with Gasteiger partial charge in [0.2, 0.25) is 0 Å². The fourth-order valence-corrected chi connectivity index (χ4v) is 8.75. The molecular formula is C25H44O4. The topological polar surface area (TPSA) is 58.9 Å². The molecule has 0 amide bonds. The van der Waals surface area contributed by atoms with E-state index in [1.807, 2.05) is 13.8 Å². The summed E-state index contributed by atoms with van der Waals surface area (Å²) in [7, 11) is 1.74. The van der Waals surface area contributed by atoms with Gasteiger partial charge in [0.25, 0.3) is 0 Å². The molecule has 4 aliphatic rings. The summed E-state index contributed by atoms with van der Waals surface area (Å²) in [5.41, 5.74) is 0.0189. The summed E-state index contributed by atoms with van der Waals surface area (Å²) in [6, 6.07) is 0. The second-order valence-electron chi connectivity index (χ2n) is 11.6. The molecule has 4 nitrogen and oxygen atoms in total. The third kappa shape index (κ3) is 3.70. The smallest absolute Gasteiger partial charge is 0.0700 e. The maximum Gasteiger partial charge on any atom is 0.0700 e. The first-order valence-corrected chi connectivity index (χ1v) is 12.2. The summed E-state index contributed by atoms with van der Waals surface area (Å²) in [6.45, 7) is 8.69. The molecule has 0 aromatic carbocycles. The zero-order valence-electron chi connectivity index (χ0n) is 19.2. The second kappa shape index (κ2) is 8.07. The molecule has 0 aromatic heterocycles. The average Bonchev–Trinajstić information content (AvgIpc) is 3.02. The van der Waals surface area contributed by atoms with Crippen LogP contribution in [0.25, 0.3) is 0 Å². The van der Waals surface area contributed by atoms with Crippen molar-refractivity contribution in [1.29, 1.82) is 0 Å². The SMILES string of the molecule is COCCOC[C@]12CC[C@@](C)(O)C[C@@H]1CC[C@H]1[C@@H]3CC[C@H](C(C)O)[C@@]3(C)CC[C@@H]12. The maximum absolute atomic E-state index is 10.8. The Morgan fingerprint density at radius 3 is 2.48 bits per heavy atom. The minimum Gasteiger partial charge on any atom is -0.393 e. The highest BCUT2D eigenvalue weighted by Crippen LogP contribution is 2.68. The van der Waals surface area contributed by atoms with Gasteiger partial charge in [-0.05, 0) is 112 Å². The van der Waals surface area contributed by atoms with E-state index in [-0.39, 0.29) is 11.5 Å². The lowest BCUT2D eigenvalue weighted by Gasteiger charge is -2.62. The molecule has 0 heterocycles. The van der Waals surface area contributed by atoms with Gasteiger partial charge in [0.15, 0.2) is 0 Å². The summed E-state index contributed by atoms with van der Waals surface area (Å²) in [4.78, 5) is 0. The Bertz CT molecular complexity index is 575. The third-order valence-electron chi connectivity index (χ3n) is 10.1. The normalized spacial score (nSPS) is 50.5. The van der Waals surface area contributed by atoms with Gasteiger partial charge in [-0.2, -0.15) is 0 Å². The van der Waals surface area contributed by atoms with Crippen LogP contribution in [-0.2, 0) is 9.47 Å². The lowest BCUT2D eigenvalue weighted by Crippen LogP contribution is -2.58. The van der Waals surface area contributed by atoms with E-state index < -0.39 is 5.60 Å². The Morgan fingerprint density at radius 2 is 1.76 bits per heavy atom. The van der Waals surface area contributed by atoms with Gasteiger partial charge in [-0.15, -0.1) is 0 Å². The Kier molecular flexibility index (Phi) is 6.14. The van der Waals surface area contributed by atoms with Crippen molar-refractivity contribution in [2.75, 3.05) is 26.9 Å². The summed E-state index contributed by atoms with van der Waals surface area (Å²) in [5, 5.41) is 21.3. The molecule has 0 bridgehead atoms. The zero-order chi connectivity index (χ0) is 20.9. The van der Waals surface area contributed by atoms with Gasteiger partial charge >= 0.3 is 0 Å². The Balaban J connectivity index is 1.59. The first kappa shape index (κ1) is 22.0. The van der Waals surface area contributed by atoms with E-state index in [4.69, 9.17) is 9.47 Å². The van der Waals surface area contributed by atoms with Crippen molar-refractivity contribution >= 4 is 0 Å². The van der Waals surface area contributed by atoms with E-state index in [1.165, 1.54) is 38.5 Å². The maximum atomic E-state index is 10.8. The molecule has 0 aromatic rings. The van der Waals surface area contributed by atoms with E-state index in [9.17, 15) is 10.2 Å². The molecule has 4 aliphatic carbocycles. The Labute approximate surface area is 177 Å². The van der Waals surface area contributed by atoms with E-state index in [0.717, 1.165) is 37.7 Å². The van der Waals surface area contributed by atoms with Gasteiger partial charge < -0.3 is 19.7 Å². The molecule has 0 radical (unpaired) electrons.